The fraction of sp³-hybridized carbons (Fsp3) is 0.480. The van der Waals surface area contributed by atoms with E-state index in [4.69, 9.17) is 23.9 Å². The number of amidine groups is 1. The molecule has 1 amide bonds. The topological polar surface area (TPSA) is 89.9 Å². The average Bonchev–Trinajstić information content (AvgIpc) is 3.53. The summed E-state index contributed by atoms with van der Waals surface area (Å²) in [6.45, 7) is 3.78. The Labute approximate surface area is 209 Å². The summed E-state index contributed by atoms with van der Waals surface area (Å²) in [5.74, 6) is 0.794. The molecule has 0 aliphatic carbocycles. The van der Waals surface area contributed by atoms with Crippen LogP contribution in [0.15, 0.2) is 45.6 Å². The van der Waals surface area contributed by atoms with Gasteiger partial charge >= 0.3 is 5.97 Å². The molecular weight excluding hydrogens is 470 g/mol. The van der Waals surface area contributed by atoms with E-state index in [9.17, 15) is 9.59 Å². The molecular formula is C25H31N3O6S. The van der Waals surface area contributed by atoms with Gasteiger partial charge in [0.1, 0.15) is 18.1 Å². The predicted octanol–water partition coefficient (Wildman–Crippen LogP) is 3.48. The molecule has 0 saturated carbocycles. The standard InChI is InChI=1S/C25H31N3O6S/c1-16-22(24(30)34-12-11-31-2)23(19-8-7-18(32-3)14-20(19)33-4)28-17(15-35-25(28)26-16)13-21(29)27-9-5-6-10-27/h7-8,14-15,23H,5-6,9-13H2,1-4H3. The number of rotatable bonds is 9. The van der Waals surface area contributed by atoms with E-state index in [1.165, 1.54) is 11.8 Å². The van der Waals surface area contributed by atoms with E-state index in [0.717, 1.165) is 37.2 Å². The van der Waals surface area contributed by atoms with Gasteiger partial charge in [0.05, 0.1) is 44.6 Å². The summed E-state index contributed by atoms with van der Waals surface area (Å²) in [5, 5.41) is 2.66. The van der Waals surface area contributed by atoms with Crippen LogP contribution in [0.3, 0.4) is 0 Å². The van der Waals surface area contributed by atoms with Crippen LogP contribution in [0.2, 0.25) is 0 Å². The summed E-state index contributed by atoms with van der Waals surface area (Å²) in [4.78, 5) is 34.9. The van der Waals surface area contributed by atoms with E-state index in [-0.39, 0.29) is 25.5 Å². The number of ether oxygens (including phenoxy) is 4. The number of allylic oxidation sites excluding steroid dienone is 1. The second-order valence-electron chi connectivity index (χ2n) is 8.39. The van der Waals surface area contributed by atoms with Crippen LogP contribution in [-0.4, -0.2) is 74.5 Å². The van der Waals surface area contributed by atoms with Crippen molar-refractivity contribution < 1.29 is 28.5 Å². The normalized spacial score (nSPS) is 19.4. The van der Waals surface area contributed by atoms with Crippen LogP contribution in [0, 0.1) is 0 Å². The smallest absolute Gasteiger partial charge is 0.338 e. The Bertz CT molecular complexity index is 1080. The van der Waals surface area contributed by atoms with Crippen molar-refractivity contribution in [3.63, 3.8) is 0 Å². The lowest BCUT2D eigenvalue weighted by atomic mass is 9.93. The van der Waals surface area contributed by atoms with Crippen LogP contribution in [0.25, 0.3) is 0 Å². The maximum atomic E-state index is 13.3. The van der Waals surface area contributed by atoms with Gasteiger partial charge in [-0.3, -0.25) is 4.79 Å². The van der Waals surface area contributed by atoms with Crippen molar-refractivity contribution in [3.05, 3.63) is 46.1 Å². The molecule has 1 saturated heterocycles. The van der Waals surface area contributed by atoms with Crippen LogP contribution in [-0.2, 0) is 19.1 Å². The lowest BCUT2D eigenvalue weighted by molar-refractivity contribution is -0.141. The Morgan fingerprint density at radius 1 is 1.11 bits per heavy atom. The van der Waals surface area contributed by atoms with Gasteiger partial charge in [-0.1, -0.05) is 11.8 Å². The van der Waals surface area contributed by atoms with E-state index in [1.807, 2.05) is 27.3 Å². The van der Waals surface area contributed by atoms with Crippen molar-refractivity contribution >= 4 is 28.8 Å². The van der Waals surface area contributed by atoms with Crippen molar-refractivity contribution in [2.75, 3.05) is 47.6 Å². The van der Waals surface area contributed by atoms with Crippen LogP contribution < -0.4 is 9.47 Å². The number of esters is 1. The number of benzene rings is 1. The molecule has 0 radical (unpaired) electrons. The number of carbonyl (C=O) groups excluding carboxylic acids is 2. The second kappa shape index (κ2) is 11.2. The molecule has 1 aromatic rings. The summed E-state index contributed by atoms with van der Waals surface area (Å²) in [5.41, 5.74) is 2.51. The van der Waals surface area contributed by atoms with E-state index >= 15 is 0 Å². The molecule has 3 aliphatic rings. The third kappa shape index (κ3) is 5.18. The molecule has 3 heterocycles. The molecule has 9 nitrogen and oxygen atoms in total. The van der Waals surface area contributed by atoms with Crippen LogP contribution in [0.1, 0.15) is 37.8 Å². The minimum atomic E-state index is -0.578. The van der Waals surface area contributed by atoms with Crippen LogP contribution in [0.5, 0.6) is 11.5 Å². The molecule has 0 spiro atoms. The van der Waals surface area contributed by atoms with Crippen molar-refractivity contribution in [2.45, 2.75) is 32.2 Å². The molecule has 188 valence electrons. The molecule has 1 aromatic carbocycles. The molecule has 4 rings (SSSR count). The second-order valence-corrected chi connectivity index (χ2v) is 9.23. The van der Waals surface area contributed by atoms with E-state index in [1.54, 1.807) is 34.3 Å². The zero-order valence-electron chi connectivity index (χ0n) is 20.5. The maximum Gasteiger partial charge on any atom is 0.338 e. The summed E-state index contributed by atoms with van der Waals surface area (Å²) in [7, 11) is 4.72. The molecule has 1 fully saturated rings. The monoisotopic (exact) mass is 501 g/mol. The zero-order valence-corrected chi connectivity index (χ0v) is 21.4. The highest BCUT2D eigenvalue weighted by Gasteiger charge is 2.42. The summed E-state index contributed by atoms with van der Waals surface area (Å²) in [6.07, 6.45) is 2.29. The third-order valence-corrected chi connectivity index (χ3v) is 7.16. The van der Waals surface area contributed by atoms with Crippen molar-refractivity contribution in [1.29, 1.82) is 0 Å². The molecule has 0 N–H and O–H groups in total. The highest BCUT2D eigenvalue weighted by Crippen LogP contribution is 2.47. The number of thioether (sulfide) groups is 1. The number of aliphatic imine (C=N–C) groups is 1. The first kappa shape index (κ1) is 25.1. The maximum absolute atomic E-state index is 13.3. The quantitative estimate of drug-likeness (QED) is 0.375. The minimum Gasteiger partial charge on any atom is -0.497 e. The molecule has 1 atom stereocenters. The first-order chi connectivity index (χ1) is 17.0. The van der Waals surface area contributed by atoms with Gasteiger partial charge in [0.25, 0.3) is 0 Å². The largest absolute Gasteiger partial charge is 0.497 e. The van der Waals surface area contributed by atoms with Crippen molar-refractivity contribution in [1.82, 2.24) is 9.80 Å². The summed E-state index contributed by atoms with van der Waals surface area (Å²) >= 11 is 1.45. The summed E-state index contributed by atoms with van der Waals surface area (Å²) < 4.78 is 21.6. The fourth-order valence-corrected chi connectivity index (χ4v) is 5.46. The lowest BCUT2D eigenvalue weighted by Crippen LogP contribution is -2.38. The Hall–Kier alpha value is -2.98. The van der Waals surface area contributed by atoms with Gasteiger partial charge in [0.15, 0.2) is 5.17 Å². The van der Waals surface area contributed by atoms with Gasteiger partial charge in [-0.25, -0.2) is 9.79 Å². The van der Waals surface area contributed by atoms with Crippen molar-refractivity contribution in [2.24, 2.45) is 4.99 Å². The van der Waals surface area contributed by atoms with Crippen molar-refractivity contribution in [3.8, 4) is 11.5 Å². The number of carbonyl (C=O) groups is 2. The van der Waals surface area contributed by atoms with E-state index in [0.29, 0.717) is 27.9 Å². The number of hydrogen-bond acceptors (Lipinski definition) is 9. The van der Waals surface area contributed by atoms with Gasteiger partial charge in [-0.05, 0) is 37.3 Å². The molecule has 3 aliphatic heterocycles. The first-order valence-corrected chi connectivity index (χ1v) is 12.5. The van der Waals surface area contributed by atoms with Crippen LogP contribution >= 0.6 is 11.8 Å². The van der Waals surface area contributed by atoms with Gasteiger partial charge < -0.3 is 28.7 Å². The number of hydrogen-bond donors (Lipinski definition) is 0. The highest BCUT2D eigenvalue weighted by atomic mass is 32.2. The number of likely N-dealkylation sites (tertiary alicyclic amines) is 1. The molecule has 0 aromatic heterocycles. The number of fused-ring (bicyclic) bond motifs is 1. The SMILES string of the molecule is COCCOC(=O)C1=C(C)N=C2SC=C(CC(=O)N3CCCC3)N2C1c1ccc(OC)cc1OC. The Morgan fingerprint density at radius 2 is 1.89 bits per heavy atom. The predicted molar refractivity (Wildman–Crippen MR) is 133 cm³/mol. The minimum absolute atomic E-state index is 0.0755. The fourth-order valence-electron chi connectivity index (χ4n) is 4.50. The Morgan fingerprint density at radius 3 is 2.57 bits per heavy atom. The summed E-state index contributed by atoms with van der Waals surface area (Å²) in [6, 6.07) is 4.91. The van der Waals surface area contributed by atoms with E-state index in [2.05, 4.69) is 0 Å². The molecule has 1 unspecified atom stereocenters. The van der Waals surface area contributed by atoms with Gasteiger partial charge in [-0.2, -0.15) is 0 Å². The Balaban J connectivity index is 1.74. The zero-order chi connectivity index (χ0) is 24.9. The van der Waals surface area contributed by atoms with Crippen LogP contribution in [0.4, 0.5) is 0 Å². The van der Waals surface area contributed by atoms with Gasteiger partial charge in [0.2, 0.25) is 5.91 Å². The molecule has 0 bridgehead atoms. The third-order valence-electron chi connectivity index (χ3n) is 6.27. The highest BCUT2D eigenvalue weighted by molar-refractivity contribution is 8.16. The average molecular weight is 502 g/mol. The van der Waals surface area contributed by atoms with E-state index < -0.39 is 12.0 Å². The first-order valence-electron chi connectivity index (χ1n) is 11.6. The number of amides is 1. The molecule has 10 heteroatoms. The number of nitrogens with zero attached hydrogens (tertiary/aromatic N) is 3. The van der Waals surface area contributed by atoms with Gasteiger partial charge in [-0.15, -0.1) is 0 Å². The Kier molecular flexibility index (Phi) is 8.02. The number of methoxy groups -OCH3 is 3. The molecule has 35 heavy (non-hydrogen) atoms. The lowest BCUT2D eigenvalue weighted by Gasteiger charge is -2.37. The van der Waals surface area contributed by atoms with Gasteiger partial charge in [0, 0.05) is 37.5 Å².